The van der Waals surface area contributed by atoms with E-state index in [4.69, 9.17) is 9.15 Å². The minimum atomic E-state index is -0.217. The topological polar surface area (TPSA) is 51.5 Å². The first-order chi connectivity index (χ1) is 8.70. The van der Waals surface area contributed by atoms with Crippen LogP contribution in [0.5, 0.6) is 0 Å². The van der Waals surface area contributed by atoms with Gasteiger partial charge in [0.15, 0.2) is 4.67 Å². The molecule has 1 amide bonds. The highest BCUT2D eigenvalue weighted by Gasteiger charge is 2.12. The number of carbonyl (C=O) groups is 1. The lowest BCUT2D eigenvalue weighted by atomic mass is 10.2. The minimum Gasteiger partial charge on any atom is -0.457 e. The van der Waals surface area contributed by atoms with Crippen molar-refractivity contribution in [1.29, 1.82) is 0 Å². The summed E-state index contributed by atoms with van der Waals surface area (Å²) in [4.78, 5) is 11.9. The van der Waals surface area contributed by atoms with E-state index >= 15 is 0 Å². The molecule has 1 heterocycles. The Bertz CT molecular complexity index is 551. The molecule has 0 saturated heterocycles. The quantitative estimate of drug-likeness (QED) is 0.941. The van der Waals surface area contributed by atoms with E-state index < -0.39 is 0 Å². The standard InChI is InChI=1S/C13H12BrNO3/c1-17-8-9-3-2-4-10(7-9)15-13(16)11-5-6-18-12(11)14/h2-7H,8H2,1H3,(H,15,16). The molecule has 0 bridgehead atoms. The normalized spacial score (nSPS) is 10.3. The van der Waals surface area contributed by atoms with Crippen molar-refractivity contribution in [3.05, 3.63) is 52.4 Å². The Morgan fingerprint density at radius 1 is 1.44 bits per heavy atom. The van der Waals surface area contributed by atoms with Gasteiger partial charge in [0.25, 0.3) is 5.91 Å². The SMILES string of the molecule is COCc1cccc(NC(=O)c2ccoc2Br)c1. The molecule has 0 unspecified atom stereocenters. The van der Waals surface area contributed by atoms with Gasteiger partial charge in [-0.05, 0) is 39.7 Å². The van der Waals surface area contributed by atoms with Crippen molar-refractivity contribution in [1.82, 2.24) is 0 Å². The van der Waals surface area contributed by atoms with Gasteiger partial charge in [-0.15, -0.1) is 0 Å². The molecule has 94 valence electrons. The summed E-state index contributed by atoms with van der Waals surface area (Å²) in [6.45, 7) is 0.513. The number of furan rings is 1. The highest BCUT2D eigenvalue weighted by molar-refractivity contribution is 9.10. The summed E-state index contributed by atoms with van der Waals surface area (Å²) in [5.74, 6) is -0.217. The predicted molar refractivity (Wildman–Crippen MR) is 71.5 cm³/mol. The van der Waals surface area contributed by atoms with E-state index in [1.165, 1.54) is 6.26 Å². The summed E-state index contributed by atoms with van der Waals surface area (Å²) in [6, 6.07) is 9.11. The second-order valence-corrected chi connectivity index (χ2v) is 4.42. The molecular formula is C13H12BrNO3. The second-order valence-electron chi connectivity index (χ2n) is 3.70. The van der Waals surface area contributed by atoms with Crippen LogP contribution in [0.4, 0.5) is 5.69 Å². The van der Waals surface area contributed by atoms with Crippen LogP contribution < -0.4 is 5.32 Å². The minimum absolute atomic E-state index is 0.217. The van der Waals surface area contributed by atoms with Crippen molar-refractivity contribution in [3.63, 3.8) is 0 Å². The molecule has 5 heteroatoms. The number of rotatable bonds is 4. The van der Waals surface area contributed by atoms with Crippen molar-refractivity contribution in [2.45, 2.75) is 6.61 Å². The van der Waals surface area contributed by atoms with Gasteiger partial charge in [-0.25, -0.2) is 0 Å². The fraction of sp³-hybridized carbons (Fsp3) is 0.154. The fourth-order valence-corrected chi connectivity index (χ4v) is 1.98. The molecular weight excluding hydrogens is 298 g/mol. The van der Waals surface area contributed by atoms with E-state index in [2.05, 4.69) is 21.2 Å². The zero-order valence-electron chi connectivity index (χ0n) is 9.77. The van der Waals surface area contributed by atoms with Crippen LogP contribution in [0, 0.1) is 0 Å². The van der Waals surface area contributed by atoms with Crippen LogP contribution in [-0.4, -0.2) is 13.0 Å². The number of hydrogen-bond acceptors (Lipinski definition) is 3. The van der Waals surface area contributed by atoms with Crippen molar-refractivity contribution in [3.8, 4) is 0 Å². The van der Waals surface area contributed by atoms with E-state index in [9.17, 15) is 4.79 Å². The maximum Gasteiger partial charge on any atom is 0.260 e. The van der Waals surface area contributed by atoms with E-state index in [0.29, 0.717) is 16.8 Å². The summed E-state index contributed by atoms with van der Waals surface area (Å²) >= 11 is 3.17. The number of nitrogens with one attached hydrogen (secondary N) is 1. The lowest BCUT2D eigenvalue weighted by molar-refractivity contribution is 0.102. The van der Waals surface area contributed by atoms with Gasteiger partial charge in [0.05, 0.1) is 18.4 Å². The molecule has 0 aliphatic carbocycles. The molecule has 0 spiro atoms. The summed E-state index contributed by atoms with van der Waals surface area (Å²) in [7, 11) is 1.63. The maximum absolute atomic E-state index is 11.9. The lowest BCUT2D eigenvalue weighted by Gasteiger charge is -2.06. The second kappa shape index (κ2) is 5.84. The van der Waals surface area contributed by atoms with Gasteiger partial charge in [0.2, 0.25) is 0 Å². The van der Waals surface area contributed by atoms with Crippen molar-refractivity contribution in [2.24, 2.45) is 0 Å². The summed E-state index contributed by atoms with van der Waals surface area (Å²) < 4.78 is 10.5. The van der Waals surface area contributed by atoms with Crippen LogP contribution in [0.3, 0.4) is 0 Å². The number of ether oxygens (including phenoxy) is 1. The van der Waals surface area contributed by atoms with Gasteiger partial charge < -0.3 is 14.5 Å². The first-order valence-electron chi connectivity index (χ1n) is 5.33. The molecule has 1 N–H and O–H groups in total. The Hall–Kier alpha value is -1.59. The van der Waals surface area contributed by atoms with Crippen LogP contribution >= 0.6 is 15.9 Å². The van der Waals surface area contributed by atoms with Crippen molar-refractivity contribution < 1.29 is 13.9 Å². The molecule has 1 aromatic heterocycles. The van der Waals surface area contributed by atoms with Gasteiger partial charge in [-0.2, -0.15) is 0 Å². The number of methoxy groups -OCH3 is 1. The highest BCUT2D eigenvalue weighted by Crippen LogP contribution is 2.19. The first kappa shape index (κ1) is 12.9. The average molecular weight is 310 g/mol. The molecule has 2 aromatic rings. The van der Waals surface area contributed by atoms with E-state index in [0.717, 1.165) is 11.3 Å². The van der Waals surface area contributed by atoms with Crippen LogP contribution in [0.2, 0.25) is 0 Å². The molecule has 0 aliphatic rings. The predicted octanol–water partition coefficient (Wildman–Crippen LogP) is 3.44. The Morgan fingerprint density at radius 3 is 2.94 bits per heavy atom. The molecule has 1 aromatic carbocycles. The third-order valence-corrected chi connectivity index (χ3v) is 2.97. The largest absolute Gasteiger partial charge is 0.457 e. The molecule has 4 nitrogen and oxygen atoms in total. The smallest absolute Gasteiger partial charge is 0.260 e. The number of hydrogen-bond donors (Lipinski definition) is 1. The molecule has 2 rings (SSSR count). The fourth-order valence-electron chi connectivity index (χ4n) is 1.56. The highest BCUT2D eigenvalue weighted by atomic mass is 79.9. The summed E-state index contributed by atoms with van der Waals surface area (Å²) in [5, 5.41) is 2.80. The van der Waals surface area contributed by atoms with Gasteiger partial charge in [0.1, 0.15) is 0 Å². The number of halogens is 1. The lowest BCUT2D eigenvalue weighted by Crippen LogP contribution is -2.11. The van der Waals surface area contributed by atoms with Crippen LogP contribution in [0.25, 0.3) is 0 Å². The molecule has 0 atom stereocenters. The number of anilines is 1. The van der Waals surface area contributed by atoms with Crippen LogP contribution in [0.1, 0.15) is 15.9 Å². The van der Waals surface area contributed by atoms with Crippen molar-refractivity contribution >= 4 is 27.5 Å². The Kier molecular flexibility index (Phi) is 4.17. The maximum atomic E-state index is 11.9. The third-order valence-electron chi connectivity index (χ3n) is 2.36. The van der Waals surface area contributed by atoms with Gasteiger partial charge >= 0.3 is 0 Å². The number of carbonyl (C=O) groups excluding carboxylic acids is 1. The van der Waals surface area contributed by atoms with Crippen molar-refractivity contribution in [2.75, 3.05) is 12.4 Å². The average Bonchev–Trinajstić information content (AvgIpc) is 2.76. The van der Waals surface area contributed by atoms with Gasteiger partial charge in [-0.1, -0.05) is 12.1 Å². The monoisotopic (exact) mass is 309 g/mol. The van der Waals surface area contributed by atoms with Crippen LogP contribution in [0.15, 0.2) is 45.7 Å². The number of benzene rings is 1. The molecule has 0 fully saturated rings. The van der Waals surface area contributed by atoms with Gasteiger partial charge in [-0.3, -0.25) is 4.79 Å². The Balaban J connectivity index is 2.12. The zero-order chi connectivity index (χ0) is 13.0. The molecule has 0 radical (unpaired) electrons. The molecule has 18 heavy (non-hydrogen) atoms. The van der Waals surface area contributed by atoms with E-state index in [1.807, 2.05) is 24.3 Å². The summed E-state index contributed by atoms with van der Waals surface area (Å²) in [5.41, 5.74) is 2.19. The summed E-state index contributed by atoms with van der Waals surface area (Å²) in [6.07, 6.45) is 1.46. The zero-order valence-corrected chi connectivity index (χ0v) is 11.4. The van der Waals surface area contributed by atoms with Gasteiger partial charge in [0, 0.05) is 12.8 Å². The molecule has 0 aliphatic heterocycles. The Morgan fingerprint density at radius 2 is 2.28 bits per heavy atom. The first-order valence-corrected chi connectivity index (χ1v) is 6.12. The molecule has 0 saturated carbocycles. The Labute approximate surface area is 113 Å². The van der Waals surface area contributed by atoms with E-state index in [1.54, 1.807) is 13.2 Å². The van der Waals surface area contributed by atoms with E-state index in [-0.39, 0.29) is 5.91 Å². The third kappa shape index (κ3) is 3.00. The van der Waals surface area contributed by atoms with Crippen LogP contribution in [-0.2, 0) is 11.3 Å². The number of amides is 1.